The molecule has 3 N–H and O–H groups in total. The van der Waals surface area contributed by atoms with Crippen LogP contribution in [-0.4, -0.2) is 65.7 Å². The number of carbonyl (C=O) groups excluding carboxylic acids is 2. The monoisotopic (exact) mass is 777 g/mol. The Labute approximate surface area is 324 Å². The lowest BCUT2D eigenvalue weighted by Gasteiger charge is -2.20. The maximum Gasteiger partial charge on any atom is 0.472 e. The molecule has 0 saturated heterocycles. The summed E-state index contributed by atoms with van der Waals surface area (Å²) in [4.78, 5) is 34.8. The van der Waals surface area contributed by atoms with Gasteiger partial charge in [-0.05, 0) is 38.5 Å². The number of aliphatic hydroxyl groups excluding tert-OH is 2. The van der Waals surface area contributed by atoms with Crippen LogP contribution in [0.3, 0.4) is 0 Å². The van der Waals surface area contributed by atoms with Crippen molar-refractivity contribution in [3.05, 3.63) is 12.2 Å². The number of hydrogen-bond donors (Lipinski definition) is 3. The first-order valence-corrected chi connectivity index (χ1v) is 23.1. The smallest absolute Gasteiger partial charge is 0.462 e. The molecule has 10 nitrogen and oxygen atoms in total. The summed E-state index contributed by atoms with van der Waals surface area (Å²) in [6.45, 7) is 2.37. The van der Waals surface area contributed by atoms with Gasteiger partial charge in [0.25, 0.3) is 0 Å². The Hall–Kier alpha value is -1.29. The molecule has 0 rings (SSSR count). The van der Waals surface area contributed by atoms with Crippen molar-refractivity contribution >= 4 is 19.8 Å². The van der Waals surface area contributed by atoms with E-state index in [9.17, 15) is 24.2 Å². The van der Waals surface area contributed by atoms with E-state index in [-0.39, 0.29) is 19.4 Å². The third-order valence-corrected chi connectivity index (χ3v) is 10.4. The average Bonchev–Trinajstić information content (AvgIpc) is 3.14. The first-order valence-electron chi connectivity index (χ1n) is 21.6. The van der Waals surface area contributed by atoms with Crippen LogP contribution in [0.4, 0.5) is 0 Å². The summed E-state index contributed by atoms with van der Waals surface area (Å²) in [5.41, 5.74) is 0. The van der Waals surface area contributed by atoms with Crippen molar-refractivity contribution in [2.45, 2.75) is 219 Å². The first kappa shape index (κ1) is 51.7. The summed E-state index contributed by atoms with van der Waals surface area (Å²) < 4.78 is 32.6. The molecule has 0 bridgehead atoms. The molecule has 314 valence electrons. The van der Waals surface area contributed by atoms with Crippen LogP contribution in [0.2, 0.25) is 0 Å². The Morgan fingerprint density at radius 3 is 1.36 bits per heavy atom. The van der Waals surface area contributed by atoms with Gasteiger partial charge in [-0.15, -0.1) is 0 Å². The van der Waals surface area contributed by atoms with Crippen LogP contribution in [0.25, 0.3) is 0 Å². The van der Waals surface area contributed by atoms with Gasteiger partial charge in [-0.25, -0.2) is 4.57 Å². The molecule has 0 fully saturated rings. The zero-order valence-electron chi connectivity index (χ0n) is 34.0. The lowest BCUT2D eigenvalue weighted by molar-refractivity contribution is -0.161. The van der Waals surface area contributed by atoms with Crippen molar-refractivity contribution in [1.29, 1.82) is 0 Å². The van der Waals surface area contributed by atoms with E-state index >= 15 is 0 Å². The predicted molar refractivity (Wildman–Crippen MR) is 215 cm³/mol. The third-order valence-electron chi connectivity index (χ3n) is 9.42. The van der Waals surface area contributed by atoms with Gasteiger partial charge in [-0.2, -0.15) is 0 Å². The number of phosphoric acid groups is 1. The lowest BCUT2D eigenvalue weighted by atomic mass is 10.1. The van der Waals surface area contributed by atoms with Crippen LogP contribution < -0.4 is 0 Å². The molecule has 11 heteroatoms. The van der Waals surface area contributed by atoms with Crippen LogP contribution in [0.15, 0.2) is 12.2 Å². The molecular weight excluding hydrogens is 695 g/mol. The molecule has 0 amide bonds. The van der Waals surface area contributed by atoms with Gasteiger partial charge in [0.05, 0.1) is 19.8 Å². The summed E-state index contributed by atoms with van der Waals surface area (Å²) in [6, 6.07) is 0. The average molecular weight is 777 g/mol. The Morgan fingerprint density at radius 2 is 0.925 bits per heavy atom. The highest BCUT2D eigenvalue weighted by atomic mass is 31.2. The molecule has 0 spiro atoms. The van der Waals surface area contributed by atoms with Gasteiger partial charge in [0.2, 0.25) is 0 Å². The zero-order valence-corrected chi connectivity index (χ0v) is 34.9. The fourth-order valence-electron chi connectivity index (χ4n) is 6.05. The van der Waals surface area contributed by atoms with E-state index in [0.29, 0.717) is 12.8 Å². The van der Waals surface area contributed by atoms with Crippen molar-refractivity contribution in [2.75, 3.05) is 26.4 Å². The molecule has 0 aliphatic carbocycles. The molecule has 0 aromatic rings. The molecule has 3 unspecified atom stereocenters. The fourth-order valence-corrected chi connectivity index (χ4v) is 6.84. The van der Waals surface area contributed by atoms with Crippen LogP contribution in [0.1, 0.15) is 206 Å². The number of allylic oxidation sites excluding steroid dienone is 2. The highest BCUT2D eigenvalue weighted by Gasteiger charge is 2.27. The van der Waals surface area contributed by atoms with Gasteiger partial charge in [0, 0.05) is 12.8 Å². The highest BCUT2D eigenvalue weighted by Crippen LogP contribution is 2.43. The summed E-state index contributed by atoms with van der Waals surface area (Å²) >= 11 is 0. The summed E-state index contributed by atoms with van der Waals surface area (Å²) in [5, 5.41) is 18.3. The minimum atomic E-state index is -4.61. The predicted octanol–water partition coefficient (Wildman–Crippen LogP) is 11.2. The third kappa shape index (κ3) is 38.8. The van der Waals surface area contributed by atoms with Crippen LogP contribution in [-0.2, 0) is 32.7 Å². The van der Waals surface area contributed by atoms with Crippen molar-refractivity contribution in [1.82, 2.24) is 0 Å². The van der Waals surface area contributed by atoms with Crippen molar-refractivity contribution in [3.63, 3.8) is 0 Å². The largest absolute Gasteiger partial charge is 0.472 e. The number of unbranched alkanes of at least 4 members (excludes halogenated alkanes) is 25. The minimum absolute atomic E-state index is 0.186. The topological polar surface area (TPSA) is 149 Å². The van der Waals surface area contributed by atoms with E-state index in [2.05, 4.69) is 30.5 Å². The Bertz CT molecular complexity index is 899. The standard InChI is InChI=1S/C42H81O10P/c1-3-5-7-9-11-13-14-15-16-17-18-19-20-21-22-23-24-26-28-30-32-34-42(46)52-40(38-51-53(47,48)50-36-39(44)35-43)37-49-41(45)33-31-29-27-25-12-10-8-6-4-2/h17-18,39-40,43-44H,3-16,19-38H2,1-2H3,(H,47,48)/b18-17-. The molecule has 0 aromatic carbocycles. The Kier molecular flexibility index (Phi) is 38.0. The van der Waals surface area contributed by atoms with Gasteiger partial charge in [-0.3, -0.25) is 18.6 Å². The molecule has 0 aliphatic rings. The SMILES string of the molecule is CCCCCCCCCC/C=C\CCCCCCCCCCCC(=O)OC(COC(=O)CCCCCCCCCCC)COP(=O)(O)OCC(O)CO. The molecule has 3 atom stereocenters. The van der Waals surface area contributed by atoms with E-state index < -0.39 is 51.8 Å². The van der Waals surface area contributed by atoms with Crippen molar-refractivity contribution < 1.29 is 47.8 Å². The van der Waals surface area contributed by atoms with Crippen LogP contribution in [0.5, 0.6) is 0 Å². The molecular formula is C42H81O10P. The first-order chi connectivity index (χ1) is 25.7. The lowest BCUT2D eigenvalue weighted by Crippen LogP contribution is -2.29. The quantitative estimate of drug-likeness (QED) is 0.0237. The van der Waals surface area contributed by atoms with Gasteiger partial charge in [0.15, 0.2) is 6.10 Å². The summed E-state index contributed by atoms with van der Waals surface area (Å²) in [5.74, 6) is -0.922. The normalized spacial score (nSPS) is 14.0. The summed E-state index contributed by atoms with van der Waals surface area (Å²) in [7, 11) is -4.61. The maximum atomic E-state index is 12.6. The number of rotatable bonds is 41. The molecule has 53 heavy (non-hydrogen) atoms. The number of hydrogen-bond acceptors (Lipinski definition) is 9. The maximum absolute atomic E-state index is 12.6. The van der Waals surface area contributed by atoms with Crippen molar-refractivity contribution in [2.24, 2.45) is 0 Å². The number of esters is 2. The number of ether oxygens (including phenoxy) is 2. The second-order valence-electron chi connectivity index (χ2n) is 14.7. The number of phosphoric ester groups is 1. The molecule has 0 heterocycles. The highest BCUT2D eigenvalue weighted by molar-refractivity contribution is 7.47. The van der Waals surface area contributed by atoms with Gasteiger partial charge in [0.1, 0.15) is 12.7 Å². The van der Waals surface area contributed by atoms with Crippen LogP contribution >= 0.6 is 7.82 Å². The second kappa shape index (κ2) is 39.0. The van der Waals surface area contributed by atoms with E-state index in [1.807, 2.05) is 0 Å². The second-order valence-corrected chi connectivity index (χ2v) is 16.2. The van der Waals surface area contributed by atoms with E-state index in [1.54, 1.807) is 0 Å². The van der Waals surface area contributed by atoms with E-state index in [0.717, 1.165) is 38.5 Å². The molecule has 0 saturated carbocycles. The van der Waals surface area contributed by atoms with Gasteiger partial charge < -0.3 is 24.6 Å². The van der Waals surface area contributed by atoms with Crippen LogP contribution in [0, 0.1) is 0 Å². The molecule has 0 aliphatic heterocycles. The van der Waals surface area contributed by atoms with E-state index in [1.165, 1.54) is 128 Å². The Balaban J connectivity index is 4.17. The zero-order chi connectivity index (χ0) is 39.1. The minimum Gasteiger partial charge on any atom is -0.462 e. The van der Waals surface area contributed by atoms with Crippen molar-refractivity contribution in [3.8, 4) is 0 Å². The summed E-state index contributed by atoms with van der Waals surface area (Å²) in [6.07, 6.45) is 36.2. The fraction of sp³-hybridized carbons (Fsp3) is 0.905. The Morgan fingerprint density at radius 1 is 0.547 bits per heavy atom. The molecule has 0 aromatic heterocycles. The van der Waals surface area contributed by atoms with Gasteiger partial charge in [-0.1, -0.05) is 167 Å². The number of carbonyl (C=O) groups is 2. The number of aliphatic hydroxyl groups is 2. The molecule has 0 radical (unpaired) electrons. The van der Waals surface area contributed by atoms with E-state index in [4.69, 9.17) is 19.1 Å². The van der Waals surface area contributed by atoms with Gasteiger partial charge >= 0.3 is 19.8 Å².